The average Bonchev–Trinajstić information content (AvgIpc) is 2.83. The Balaban J connectivity index is 1.42. The fourth-order valence-corrected chi connectivity index (χ4v) is 5.78. The predicted octanol–water partition coefficient (Wildman–Crippen LogP) is 3.77. The number of amides is 1. The lowest BCUT2D eigenvalue weighted by Crippen LogP contribution is -2.40. The molecule has 1 saturated heterocycles. The van der Waals surface area contributed by atoms with Gasteiger partial charge in [-0.1, -0.05) is 43.0 Å². The molecule has 1 fully saturated rings. The number of fused-ring (bicyclic) bond motifs is 1. The highest BCUT2D eigenvalue weighted by Gasteiger charge is 2.26. The fourth-order valence-electron chi connectivity index (χ4n) is 3.45. The molecule has 0 bridgehead atoms. The molecule has 7 nitrogen and oxygen atoms in total. The highest BCUT2D eigenvalue weighted by molar-refractivity contribution is 8.00. The molecule has 9 heteroatoms. The zero-order valence-electron chi connectivity index (χ0n) is 17.7. The van der Waals surface area contributed by atoms with Gasteiger partial charge in [-0.3, -0.25) is 4.79 Å². The van der Waals surface area contributed by atoms with Crippen LogP contribution in [0.1, 0.15) is 13.3 Å². The van der Waals surface area contributed by atoms with E-state index in [0.717, 1.165) is 15.9 Å². The normalized spacial score (nSPS) is 16.0. The molecule has 1 aliphatic rings. The Morgan fingerprint density at radius 3 is 2.53 bits per heavy atom. The van der Waals surface area contributed by atoms with E-state index in [2.05, 4.69) is 10.3 Å². The molecule has 0 radical (unpaired) electrons. The van der Waals surface area contributed by atoms with Crippen LogP contribution < -0.4 is 5.32 Å². The van der Waals surface area contributed by atoms with Crippen LogP contribution in [0.3, 0.4) is 0 Å². The van der Waals surface area contributed by atoms with E-state index < -0.39 is 10.0 Å². The lowest BCUT2D eigenvalue weighted by Gasteiger charge is -2.26. The number of nitrogens with zero attached hydrogens (tertiary/aromatic N) is 2. The Labute approximate surface area is 192 Å². The van der Waals surface area contributed by atoms with Gasteiger partial charge in [0.15, 0.2) is 0 Å². The number of sulfonamides is 1. The minimum absolute atomic E-state index is 0.142. The van der Waals surface area contributed by atoms with Gasteiger partial charge in [0.1, 0.15) is 0 Å². The Bertz CT molecular complexity index is 1190. The lowest BCUT2D eigenvalue weighted by molar-refractivity contribution is -0.115. The van der Waals surface area contributed by atoms with Gasteiger partial charge < -0.3 is 10.1 Å². The molecule has 4 rings (SSSR count). The number of thioether (sulfide) groups is 1. The van der Waals surface area contributed by atoms with Crippen LogP contribution in [0.5, 0.6) is 0 Å². The zero-order chi connectivity index (χ0) is 22.6. The quantitative estimate of drug-likeness (QED) is 0.528. The second-order valence-corrected chi connectivity index (χ2v) is 10.5. The van der Waals surface area contributed by atoms with E-state index in [0.29, 0.717) is 38.4 Å². The van der Waals surface area contributed by atoms with Crippen LogP contribution in [0.15, 0.2) is 70.6 Å². The largest absolute Gasteiger partial charge is 0.379 e. The summed E-state index contributed by atoms with van der Waals surface area (Å²) in [4.78, 5) is 17.7. The van der Waals surface area contributed by atoms with Gasteiger partial charge in [0.2, 0.25) is 15.9 Å². The van der Waals surface area contributed by atoms with Crippen LogP contribution in [0.2, 0.25) is 0 Å². The smallest absolute Gasteiger partial charge is 0.243 e. The summed E-state index contributed by atoms with van der Waals surface area (Å²) in [5.41, 5.74) is 1.45. The molecule has 1 atom stereocenters. The summed E-state index contributed by atoms with van der Waals surface area (Å²) in [7, 11) is -3.56. The third-order valence-electron chi connectivity index (χ3n) is 5.23. The van der Waals surface area contributed by atoms with E-state index in [4.69, 9.17) is 4.74 Å². The molecule has 1 amide bonds. The van der Waals surface area contributed by atoms with Crippen molar-refractivity contribution >= 4 is 44.3 Å². The highest BCUT2D eigenvalue weighted by atomic mass is 32.2. The van der Waals surface area contributed by atoms with Gasteiger partial charge in [-0.25, -0.2) is 13.4 Å². The molecular weight excluding hydrogens is 446 g/mol. The summed E-state index contributed by atoms with van der Waals surface area (Å²) < 4.78 is 32.1. The molecule has 1 N–H and O–H groups in total. The van der Waals surface area contributed by atoms with Crippen molar-refractivity contribution in [2.45, 2.75) is 28.5 Å². The van der Waals surface area contributed by atoms with Gasteiger partial charge in [0, 0.05) is 24.2 Å². The van der Waals surface area contributed by atoms with Crippen LogP contribution in [0.25, 0.3) is 10.9 Å². The minimum Gasteiger partial charge on any atom is -0.379 e. The second-order valence-electron chi connectivity index (χ2n) is 7.39. The van der Waals surface area contributed by atoms with E-state index in [1.165, 1.54) is 28.2 Å². The molecule has 2 aromatic carbocycles. The predicted molar refractivity (Wildman–Crippen MR) is 126 cm³/mol. The van der Waals surface area contributed by atoms with Crippen LogP contribution >= 0.6 is 11.8 Å². The highest BCUT2D eigenvalue weighted by Crippen LogP contribution is 2.27. The maximum Gasteiger partial charge on any atom is 0.243 e. The van der Waals surface area contributed by atoms with Crippen molar-refractivity contribution in [2.24, 2.45) is 0 Å². The first-order valence-electron chi connectivity index (χ1n) is 10.5. The van der Waals surface area contributed by atoms with E-state index in [1.807, 2.05) is 43.3 Å². The van der Waals surface area contributed by atoms with Gasteiger partial charge in [0.25, 0.3) is 0 Å². The lowest BCUT2D eigenvalue weighted by atomic mass is 10.2. The minimum atomic E-state index is -3.56. The summed E-state index contributed by atoms with van der Waals surface area (Å²) in [5, 5.41) is 4.42. The molecule has 3 aromatic rings. The van der Waals surface area contributed by atoms with Gasteiger partial charge in [-0.15, -0.1) is 0 Å². The number of rotatable bonds is 7. The number of carbonyl (C=O) groups excluding carboxylic acids is 1. The van der Waals surface area contributed by atoms with Crippen molar-refractivity contribution in [3.63, 3.8) is 0 Å². The second kappa shape index (κ2) is 9.99. The van der Waals surface area contributed by atoms with E-state index in [9.17, 15) is 13.2 Å². The molecular formula is C23H25N3O4S2. The number of ether oxygens (including phenoxy) is 1. The first-order chi connectivity index (χ1) is 15.5. The number of benzene rings is 2. The number of nitrogens with one attached hydrogen (secondary N) is 1. The first-order valence-corrected chi connectivity index (χ1v) is 12.8. The number of aromatic nitrogens is 1. The van der Waals surface area contributed by atoms with Crippen molar-refractivity contribution < 1.29 is 17.9 Å². The summed E-state index contributed by atoms with van der Waals surface area (Å²) in [6, 6.07) is 18.1. The number of carbonyl (C=O) groups is 1. The standard InChI is InChI=1S/C23H25N3O4S2/c1-2-21(31-22-12-7-17-5-3-4-6-20(17)25-22)23(27)24-18-8-10-19(11-9-18)32(28,29)26-13-15-30-16-14-26/h3-12,21H,2,13-16H2,1H3,(H,24,27). The number of anilines is 1. The van der Waals surface area contributed by atoms with Gasteiger partial charge in [-0.05, 0) is 42.8 Å². The molecule has 1 unspecified atom stereocenters. The van der Waals surface area contributed by atoms with Crippen LogP contribution in [0.4, 0.5) is 5.69 Å². The first kappa shape index (κ1) is 22.7. The van der Waals surface area contributed by atoms with Gasteiger partial charge in [-0.2, -0.15) is 4.31 Å². The third-order valence-corrected chi connectivity index (χ3v) is 8.44. The Morgan fingerprint density at radius 2 is 1.81 bits per heavy atom. The Kier molecular flexibility index (Phi) is 7.10. The molecule has 0 aliphatic carbocycles. The molecule has 2 heterocycles. The fraction of sp³-hybridized carbons (Fsp3) is 0.304. The number of morpholine rings is 1. The maximum absolute atomic E-state index is 12.8. The average molecular weight is 472 g/mol. The van der Waals surface area contributed by atoms with Gasteiger partial charge >= 0.3 is 0 Å². The summed E-state index contributed by atoms with van der Waals surface area (Å²) in [6.07, 6.45) is 0.633. The molecule has 32 heavy (non-hydrogen) atoms. The van der Waals surface area contributed by atoms with Gasteiger partial charge in [0.05, 0.1) is 33.9 Å². The summed E-state index contributed by atoms with van der Waals surface area (Å²) in [6.45, 7) is 3.44. The monoisotopic (exact) mass is 471 g/mol. The van der Waals surface area contributed by atoms with E-state index in [-0.39, 0.29) is 16.1 Å². The number of para-hydroxylation sites is 1. The third kappa shape index (κ3) is 5.12. The Hall–Kier alpha value is -2.46. The van der Waals surface area contributed by atoms with Crippen molar-refractivity contribution in [3.8, 4) is 0 Å². The Morgan fingerprint density at radius 1 is 1.09 bits per heavy atom. The maximum atomic E-state index is 12.8. The number of pyridine rings is 1. The topological polar surface area (TPSA) is 88.6 Å². The van der Waals surface area contributed by atoms with Crippen molar-refractivity contribution in [2.75, 3.05) is 31.6 Å². The van der Waals surface area contributed by atoms with Crippen molar-refractivity contribution in [3.05, 3.63) is 60.7 Å². The van der Waals surface area contributed by atoms with Crippen LogP contribution in [-0.4, -0.2) is 55.2 Å². The van der Waals surface area contributed by atoms with E-state index in [1.54, 1.807) is 12.1 Å². The number of hydrogen-bond donors (Lipinski definition) is 1. The van der Waals surface area contributed by atoms with Crippen LogP contribution in [0, 0.1) is 0 Å². The van der Waals surface area contributed by atoms with Crippen LogP contribution in [-0.2, 0) is 19.6 Å². The SMILES string of the molecule is CCC(Sc1ccc2ccccc2n1)C(=O)Nc1ccc(S(=O)(=O)N2CCOCC2)cc1. The summed E-state index contributed by atoms with van der Waals surface area (Å²) in [5.74, 6) is -0.142. The zero-order valence-corrected chi connectivity index (χ0v) is 19.4. The van der Waals surface area contributed by atoms with Crippen molar-refractivity contribution in [1.82, 2.24) is 9.29 Å². The summed E-state index contributed by atoms with van der Waals surface area (Å²) >= 11 is 1.42. The molecule has 1 aliphatic heterocycles. The molecule has 0 saturated carbocycles. The molecule has 168 valence electrons. The van der Waals surface area contributed by atoms with E-state index >= 15 is 0 Å². The number of hydrogen-bond acceptors (Lipinski definition) is 6. The molecule has 0 spiro atoms. The van der Waals surface area contributed by atoms with Crippen molar-refractivity contribution in [1.29, 1.82) is 0 Å². The molecule has 1 aromatic heterocycles.